The summed E-state index contributed by atoms with van der Waals surface area (Å²) in [6.07, 6.45) is 1.98. The number of hydrogen-bond acceptors (Lipinski definition) is 5. The van der Waals surface area contributed by atoms with E-state index in [1.165, 1.54) is 5.56 Å². The first-order valence-corrected chi connectivity index (χ1v) is 7.85. The molecule has 0 spiro atoms. The van der Waals surface area contributed by atoms with Crippen LogP contribution in [0, 0.1) is 6.92 Å². The summed E-state index contributed by atoms with van der Waals surface area (Å²) in [5.41, 5.74) is 8.57. The molecule has 3 heterocycles. The predicted octanol–water partition coefficient (Wildman–Crippen LogP) is 3.13. The van der Waals surface area contributed by atoms with Crippen LogP contribution in [0.15, 0.2) is 33.5 Å². The Balaban J connectivity index is 1.93. The number of fused-ring (bicyclic) bond motifs is 2. The molecule has 0 bridgehead atoms. The van der Waals surface area contributed by atoms with Crippen LogP contribution in [0.25, 0.3) is 22.1 Å². The van der Waals surface area contributed by atoms with Gasteiger partial charge in [-0.05, 0) is 55.0 Å². The van der Waals surface area contributed by atoms with Crippen molar-refractivity contribution in [3.05, 3.63) is 45.6 Å². The maximum Gasteiger partial charge on any atom is 0.232 e. The highest BCUT2D eigenvalue weighted by atomic mass is 16.5. The predicted molar refractivity (Wildman–Crippen MR) is 89.7 cm³/mol. The van der Waals surface area contributed by atoms with Crippen molar-refractivity contribution in [3.8, 4) is 0 Å². The fourth-order valence-electron chi connectivity index (χ4n) is 3.20. The molecule has 0 aliphatic carbocycles. The number of benzene rings is 1. The monoisotopic (exact) mass is 310 g/mol. The number of anilines is 1. The Bertz CT molecular complexity index is 956. The lowest BCUT2D eigenvalue weighted by atomic mass is 9.91. The standard InChI is InChI=1S/C18H18N2O3/c1-10-8-14-16(21)13-9-12(11-4-6-22-7-5-11)2-3-15(13)23-18(14)20-17(10)19/h2-3,8-9,11H,4-7H2,1H3,(H2,19,20). The van der Waals surface area contributed by atoms with Crippen LogP contribution in [0.1, 0.15) is 29.9 Å². The Morgan fingerprint density at radius 2 is 1.96 bits per heavy atom. The number of pyridine rings is 1. The second-order valence-corrected chi connectivity index (χ2v) is 6.12. The van der Waals surface area contributed by atoms with Crippen molar-refractivity contribution in [3.63, 3.8) is 0 Å². The lowest BCUT2D eigenvalue weighted by Crippen LogP contribution is -2.14. The SMILES string of the molecule is Cc1cc2c(=O)c3cc(C4CCOCC4)ccc3oc2nc1N. The van der Waals surface area contributed by atoms with Crippen LogP contribution in [0.4, 0.5) is 5.82 Å². The Labute approximate surface area is 133 Å². The van der Waals surface area contributed by atoms with E-state index in [2.05, 4.69) is 4.98 Å². The Morgan fingerprint density at radius 3 is 2.74 bits per heavy atom. The second-order valence-electron chi connectivity index (χ2n) is 6.12. The maximum absolute atomic E-state index is 12.8. The molecule has 5 heteroatoms. The number of nitrogen functional groups attached to an aromatic ring is 1. The zero-order chi connectivity index (χ0) is 16.0. The van der Waals surface area contributed by atoms with E-state index in [1.807, 2.05) is 25.1 Å². The summed E-state index contributed by atoms with van der Waals surface area (Å²) >= 11 is 0. The van der Waals surface area contributed by atoms with Crippen molar-refractivity contribution in [2.45, 2.75) is 25.7 Å². The molecule has 4 rings (SSSR count). The molecule has 118 valence electrons. The van der Waals surface area contributed by atoms with Gasteiger partial charge in [-0.15, -0.1) is 0 Å². The largest absolute Gasteiger partial charge is 0.437 e. The van der Waals surface area contributed by atoms with Crippen molar-refractivity contribution in [2.24, 2.45) is 0 Å². The number of aryl methyl sites for hydroxylation is 1. The zero-order valence-electron chi connectivity index (χ0n) is 13.0. The molecule has 0 saturated carbocycles. The molecular weight excluding hydrogens is 292 g/mol. The van der Waals surface area contributed by atoms with Gasteiger partial charge in [0.2, 0.25) is 11.1 Å². The van der Waals surface area contributed by atoms with Crippen molar-refractivity contribution >= 4 is 27.9 Å². The minimum Gasteiger partial charge on any atom is -0.437 e. The lowest BCUT2D eigenvalue weighted by molar-refractivity contribution is 0.0853. The topological polar surface area (TPSA) is 78.3 Å². The van der Waals surface area contributed by atoms with Crippen LogP contribution in [-0.4, -0.2) is 18.2 Å². The second kappa shape index (κ2) is 5.35. The number of hydrogen-bond donors (Lipinski definition) is 1. The van der Waals surface area contributed by atoms with E-state index in [9.17, 15) is 4.79 Å². The Hall–Kier alpha value is -2.40. The van der Waals surface area contributed by atoms with Gasteiger partial charge in [0, 0.05) is 13.2 Å². The van der Waals surface area contributed by atoms with E-state index >= 15 is 0 Å². The van der Waals surface area contributed by atoms with Crippen molar-refractivity contribution < 1.29 is 9.15 Å². The van der Waals surface area contributed by atoms with Gasteiger partial charge in [0.25, 0.3) is 0 Å². The molecule has 2 N–H and O–H groups in total. The molecule has 0 atom stereocenters. The maximum atomic E-state index is 12.8. The van der Waals surface area contributed by atoms with Crippen LogP contribution in [0.3, 0.4) is 0 Å². The quantitative estimate of drug-likeness (QED) is 0.699. The van der Waals surface area contributed by atoms with Gasteiger partial charge in [0.1, 0.15) is 11.4 Å². The highest BCUT2D eigenvalue weighted by molar-refractivity contribution is 5.89. The molecule has 0 amide bonds. The van der Waals surface area contributed by atoms with E-state index in [4.69, 9.17) is 14.9 Å². The minimum atomic E-state index is -0.0502. The summed E-state index contributed by atoms with van der Waals surface area (Å²) in [6, 6.07) is 7.61. The molecule has 2 aromatic heterocycles. The first-order valence-electron chi connectivity index (χ1n) is 7.85. The highest BCUT2D eigenvalue weighted by Crippen LogP contribution is 2.29. The Morgan fingerprint density at radius 1 is 1.17 bits per heavy atom. The zero-order valence-corrected chi connectivity index (χ0v) is 13.0. The van der Waals surface area contributed by atoms with E-state index in [0.29, 0.717) is 33.8 Å². The fourth-order valence-corrected chi connectivity index (χ4v) is 3.20. The number of aromatic nitrogens is 1. The van der Waals surface area contributed by atoms with Crippen molar-refractivity contribution in [1.29, 1.82) is 0 Å². The third-order valence-corrected chi connectivity index (χ3v) is 4.61. The first-order chi connectivity index (χ1) is 11.1. The third-order valence-electron chi connectivity index (χ3n) is 4.61. The van der Waals surface area contributed by atoms with E-state index < -0.39 is 0 Å². The molecule has 1 aliphatic rings. The summed E-state index contributed by atoms with van der Waals surface area (Å²) in [4.78, 5) is 17.0. The number of ether oxygens (including phenoxy) is 1. The van der Waals surface area contributed by atoms with E-state index in [1.54, 1.807) is 6.07 Å². The molecule has 1 aliphatic heterocycles. The number of nitrogens with zero attached hydrogens (tertiary/aromatic N) is 1. The molecule has 0 unspecified atom stereocenters. The average Bonchev–Trinajstić information content (AvgIpc) is 2.58. The normalized spacial score (nSPS) is 16.2. The van der Waals surface area contributed by atoms with E-state index in [0.717, 1.165) is 31.6 Å². The number of rotatable bonds is 1. The van der Waals surface area contributed by atoms with Gasteiger partial charge in [-0.1, -0.05) is 6.07 Å². The van der Waals surface area contributed by atoms with Crippen molar-refractivity contribution in [1.82, 2.24) is 4.98 Å². The van der Waals surface area contributed by atoms with Crippen LogP contribution in [0.2, 0.25) is 0 Å². The van der Waals surface area contributed by atoms with Gasteiger partial charge in [-0.3, -0.25) is 4.79 Å². The summed E-state index contributed by atoms with van der Waals surface area (Å²) in [6.45, 7) is 3.39. The summed E-state index contributed by atoms with van der Waals surface area (Å²) < 4.78 is 11.2. The third kappa shape index (κ3) is 2.37. The van der Waals surface area contributed by atoms with Crippen LogP contribution in [0.5, 0.6) is 0 Å². The summed E-state index contributed by atoms with van der Waals surface area (Å²) in [7, 11) is 0. The Kier molecular flexibility index (Phi) is 3.31. The smallest absolute Gasteiger partial charge is 0.232 e. The molecule has 1 saturated heterocycles. The first kappa shape index (κ1) is 14.2. The van der Waals surface area contributed by atoms with Crippen LogP contribution in [-0.2, 0) is 4.74 Å². The molecule has 5 nitrogen and oxygen atoms in total. The molecule has 3 aromatic rings. The van der Waals surface area contributed by atoms with Gasteiger partial charge in [-0.25, -0.2) is 0 Å². The minimum absolute atomic E-state index is 0.0502. The van der Waals surface area contributed by atoms with Gasteiger partial charge < -0.3 is 14.9 Å². The van der Waals surface area contributed by atoms with Crippen molar-refractivity contribution in [2.75, 3.05) is 18.9 Å². The van der Waals surface area contributed by atoms with Gasteiger partial charge in [-0.2, -0.15) is 4.98 Å². The fraction of sp³-hybridized carbons (Fsp3) is 0.333. The van der Waals surface area contributed by atoms with Gasteiger partial charge in [0.15, 0.2) is 0 Å². The van der Waals surface area contributed by atoms with Crippen LogP contribution < -0.4 is 11.2 Å². The number of nitrogens with two attached hydrogens (primary N) is 1. The average molecular weight is 310 g/mol. The summed E-state index contributed by atoms with van der Waals surface area (Å²) in [5.74, 6) is 0.827. The summed E-state index contributed by atoms with van der Waals surface area (Å²) in [5, 5.41) is 1.08. The van der Waals surface area contributed by atoms with Crippen LogP contribution >= 0.6 is 0 Å². The van der Waals surface area contributed by atoms with Gasteiger partial charge >= 0.3 is 0 Å². The van der Waals surface area contributed by atoms with Gasteiger partial charge in [0.05, 0.1) is 10.8 Å². The van der Waals surface area contributed by atoms with E-state index in [-0.39, 0.29) is 5.43 Å². The molecule has 23 heavy (non-hydrogen) atoms. The highest BCUT2D eigenvalue weighted by Gasteiger charge is 2.18. The lowest BCUT2D eigenvalue weighted by Gasteiger charge is -2.22. The molecule has 1 aromatic carbocycles. The molecular formula is C18H18N2O3. The molecule has 0 radical (unpaired) electrons. The molecule has 1 fully saturated rings.